The van der Waals surface area contributed by atoms with Crippen LogP contribution in [0.5, 0.6) is 5.75 Å². The minimum absolute atomic E-state index is 0.0731. The Hall–Kier alpha value is -3.27. The highest BCUT2D eigenvalue weighted by Crippen LogP contribution is 2.22. The van der Waals surface area contributed by atoms with Gasteiger partial charge in [-0.25, -0.2) is 4.98 Å². The number of aliphatic hydroxyl groups is 2. The number of thiazole rings is 1. The Balaban J connectivity index is 1.54. The molecular formula is C25H29N3O5S. The lowest BCUT2D eigenvalue weighted by Crippen LogP contribution is -2.50. The molecule has 34 heavy (non-hydrogen) atoms. The van der Waals surface area contributed by atoms with E-state index in [1.54, 1.807) is 14.0 Å². The van der Waals surface area contributed by atoms with Crippen molar-refractivity contribution >= 4 is 23.2 Å². The van der Waals surface area contributed by atoms with Crippen molar-refractivity contribution in [1.82, 2.24) is 15.2 Å². The number of nitrogens with zero attached hydrogens (tertiary/aromatic N) is 2. The SMILES string of the molecule is COc1ccccc1Cc1csc(CNC(=O)[C@H](O)[C@@H](O)C(=O)N(C)[C@H](C)c2ccccc2)n1. The van der Waals surface area contributed by atoms with Gasteiger partial charge in [-0.3, -0.25) is 9.59 Å². The number of rotatable bonds is 10. The maximum atomic E-state index is 12.6. The standard InChI is InChI=1S/C25H29N3O5S/c1-16(17-9-5-4-6-10-17)28(2)25(32)23(30)22(29)24(31)26-14-21-27-19(15-34-21)13-18-11-7-8-12-20(18)33-3/h4-12,15-16,22-23,29-30H,13-14H2,1-3H3,(H,26,31)/t16-,22-,23-/m1/s1. The molecule has 0 saturated heterocycles. The molecule has 0 spiro atoms. The number of hydrogen-bond donors (Lipinski definition) is 3. The maximum absolute atomic E-state index is 12.6. The van der Waals surface area contributed by atoms with E-state index in [0.717, 1.165) is 22.6 Å². The molecule has 3 atom stereocenters. The summed E-state index contributed by atoms with van der Waals surface area (Å²) in [7, 11) is 3.14. The van der Waals surface area contributed by atoms with Gasteiger partial charge >= 0.3 is 0 Å². The molecule has 180 valence electrons. The zero-order chi connectivity index (χ0) is 24.7. The fourth-order valence-corrected chi connectivity index (χ4v) is 4.19. The number of aliphatic hydroxyl groups excluding tert-OH is 2. The zero-order valence-corrected chi connectivity index (χ0v) is 20.2. The van der Waals surface area contributed by atoms with E-state index in [2.05, 4.69) is 10.3 Å². The third-order valence-electron chi connectivity index (χ3n) is 5.61. The van der Waals surface area contributed by atoms with Gasteiger partial charge in [-0.1, -0.05) is 48.5 Å². The van der Waals surface area contributed by atoms with E-state index in [1.807, 2.05) is 60.0 Å². The first-order chi connectivity index (χ1) is 16.3. The molecule has 2 amide bonds. The number of ether oxygens (including phenoxy) is 1. The van der Waals surface area contributed by atoms with Gasteiger partial charge in [-0.15, -0.1) is 11.3 Å². The van der Waals surface area contributed by atoms with E-state index < -0.39 is 24.0 Å². The molecule has 3 aromatic rings. The second kappa shape index (κ2) is 11.7. The summed E-state index contributed by atoms with van der Waals surface area (Å²) in [4.78, 5) is 30.8. The quantitative estimate of drug-likeness (QED) is 0.408. The highest BCUT2D eigenvalue weighted by atomic mass is 32.1. The Morgan fingerprint density at radius 3 is 2.47 bits per heavy atom. The van der Waals surface area contributed by atoms with Crippen LogP contribution < -0.4 is 10.1 Å². The minimum Gasteiger partial charge on any atom is -0.496 e. The Morgan fingerprint density at radius 1 is 1.09 bits per heavy atom. The largest absolute Gasteiger partial charge is 0.496 e. The minimum atomic E-state index is -1.90. The molecule has 0 aliphatic rings. The molecule has 9 heteroatoms. The number of benzene rings is 2. The van der Waals surface area contributed by atoms with Crippen LogP contribution in [0.4, 0.5) is 0 Å². The summed E-state index contributed by atoms with van der Waals surface area (Å²) >= 11 is 1.37. The van der Waals surface area contributed by atoms with Crippen LogP contribution in [0.1, 0.15) is 34.8 Å². The fraction of sp³-hybridized carbons (Fsp3) is 0.320. The van der Waals surface area contributed by atoms with Crippen LogP contribution in [0.2, 0.25) is 0 Å². The number of methoxy groups -OCH3 is 1. The van der Waals surface area contributed by atoms with Crippen LogP contribution in [0.15, 0.2) is 60.0 Å². The van der Waals surface area contributed by atoms with Crippen LogP contribution in [-0.2, 0) is 22.6 Å². The molecule has 8 nitrogen and oxygen atoms in total. The molecule has 2 aromatic carbocycles. The normalized spacial score (nSPS) is 13.6. The number of amides is 2. The van der Waals surface area contributed by atoms with Gasteiger partial charge in [0.15, 0.2) is 12.2 Å². The van der Waals surface area contributed by atoms with Gasteiger partial charge in [0.2, 0.25) is 0 Å². The summed E-state index contributed by atoms with van der Waals surface area (Å²) in [5.41, 5.74) is 2.69. The summed E-state index contributed by atoms with van der Waals surface area (Å²) < 4.78 is 5.36. The topological polar surface area (TPSA) is 112 Å². The van der Waals surface area contributed by atoms with Crippen molar-refractivity contribution in [2.24, 2.45) is 0 Å². The van der Waals surface area contributed by atoms with Crippen molar-refractivity contribution < 1.29 is 24.5 Å². The van der Waals surface area contributed by atoms with Crippen molar-refractivity contribution in [2.75, 3.05) is 14.2 Å². The predicted octanol–water partition coefficient (Wildman–Crippen LogP) is 2.30. The molecule has 0 bridgehead atoms. The lowest BCUT2D eigenvalue weighted by Gasteiger charge is -2.28. The first-order valence-corrected chi connectivity index (χ1v) is 11.7. The zero-order valence-electron chi connectivity index (χ0n) is 19.3. The summed E-state index contributed by atoms with van der Waals surface area (Å²) in [6, 6.07) is 16.6. The van der Waals surface area contributed by atoms with Crippen molar-refractivity contribution in [3.63, 3.8) is 0 Å². The Bertz CT molecular complexity index is 1100. The molecule has 0 unspecified atom stereocenters. The van der Waals surface area contributed by atoms with E-state index in [4.69, 9.17) is 4.74 Å². The monoisotopic (exact) mass is 483 g/mol. The number of likely N-dealkylation sites (N-methyl/N-ethyl adjacent to an activating group) is 1. The molecule has 0 fully saturated rings. The first kappa shape index (κ1) is 25.4. The average Bonchev–Trinajstić information content (AvgIpc) is 3.33. The second-order valence-electron chi connectivity index (χ2n) is 7.86. The van der Waals surface area contributed by atoms with Crippen molar-refractivity contribution in [3.8, 4) is 5.75 Å². The molecular weight excluding hydrogens is 454 g/mol. The van der Waals surface area contributed by atoms with Crippen molar-refractivity contribution in [3.05, 3.63) is 81.8 Å². The van der Waals surface area contributed by atoms with Gasteiger partial charge in [0.1, 0.15) is 10.8 Å². The number of hydrogen-bond acceptors (Lipinski definition) is 7. The van der Waals surface area contributed by atoms with Gasteiger partial charge in [0.05, 0.1) is 25.4 Å². The maximum Gasteiger partial charge on any atom is 0.254 e. The lowest BCUT2D eigenvalue weighted by molar-refractivity contribution is -0.153. The van der Waals surface area contributed by atoms with Crippen molar-refractivity contribution in [1.29, 1.82) is 0 Å². The van der Waals surface area contributed by atoms with Gasteiger partial charge in [0.25, 0.3) is 11.8 Å². The molecule has 0 radical (unpaired) electrons. The summed E-state index contributed by atoms with van der Waals surface area (Å²) in [5, 5.41) is 25.6. The van der Waals surface area contributed by atoms with Crippen LogP contribution >= 0.6 is 11.3 Å². The summed E-state index contributed by atoms with van der Waals surface area (Å²) in [6.07, 6.45) is -3.20. The van der Waals surface area contributed by atoms with Crippen LogP contribution in [-0.4, -0.2) is 58.3 Å². The molecule has 3 N–H and O–H groups in total. The first-order valence-electron chi connectivity index (χ1n) is 10.8. The van der Waals surface area contributed by atoms with Crippen molar-refractivity contribution in [2.45, 2.75) is 38.1 Å². The van der Waals surface area contributed by atoms with Gasteiger partial charge in [0, 0.05) is 24.4 Å². The Kier molecular flexibility index (Phi) is 8.75. The van der Waals surface area contributed by atoms with Crippen LogP contribution in [0.25, 0.3) is 0 Å². The van der Waals surface area contributed by atoms with Crippen LogP contribution in [0, 0.1) is 0 Å². The number of para-hydroxylation sites is 1. The fourth-order valence-electron chi connectivity index (χ4n) is 3.46. The van der Waals surface area contributed by atoms with E-state index in [-0.39, 0.29) is 12.6 Å². The number of carbonyl (C=O) groups is 2. The molecule has 1 aromatic heterocycles. The number of carbonyl (C=O) groups excluding carboxylic acids is 2. The summed E-state index contributed by atoms with van der Waals surface area (Å²) in [6.45, 7) is 1.88. The van der Waals surface area contributed by atoms with E-state index in [1.165, 1.54) is 23.3 Å². The molecule has 0 aliphatic carbocycles. The smallest absolute Gasteiger partial charge is 0.254 e. The average molecular weight is 484 g/mol. The molecule has 3 rings (SSSR count). The highest BCUT2D eigenvalue weighted by molar-refractivity contribution is 7.09. The van der Waals surface area contributed by atoms with Gasteiger partial charge < -0.3 is 25.2 Å². The molecule has 0 saturated carbocycles. The molecule has 0 aliphatic heterocycles. The van der Waals surface area contributed by atoms with E-state index in [9.17, 15) is 19.8 Å². The van der Waals surface area contributed by atoms with Crippen LogP contribution in [0.3, 0.4) is 0 Å². The third-order valence-corrected chi connectivity index (χ3v) is 6.51. The highest BCUT2D eigenvalue weighted by Gasteiger charge is 2.33. The van der Waals surface area contributed by atoms with E-state index in [0.29, 0.717) is 11.4 Å². The van der Waals surface area contributed by atoms with E-state index >= 15 is 0 Å². The predicted molar refractivity (Wildman–Crippen MR) is 129 cm³/mol. The Morgan fingerprint density at radius 2 is 1.76 bits per heavy atom. The Labute approximate surface area is 202 Å². The lowest BCUT2D eigenvalue weighted by atomic mass is 10.1. The van der Waals surface area contributed by atoms with Gasteiger partial charge in [-0.2, -0.15) is 0 Å². The summed E-state index contributed by atoms with van der Waals surface area (Å²) in [5.74, 6) is -0.811. The number of nitrogens with one attached hydrogen (secondary N) is 1. The molecule has 1 heterocycles. The second-order valence-corrected chi connectivity index (χ2v) is 8.81. The van der Waals surface area contributed by atoms with Gasteiger partial charge in [-0.05, 0) is 18.6 Å². The number of aromatic nitrogens is 1. The third kappa shape index (κ3) is 6.19.